The highest BCUT2D eigenvalue weighted by atomic mass is 19.1. The highest BCUT2D eigenvalue weighted by Gasteiger charge is 2.07. The van der Waals surface area contributed by atoms with Crippen molar-refractivity contribution < 1.29 is 9.13 Å². The van der Waals surface area contributed by atoms with E-state index in [-0.39, 0.29) is 18.2 Å². The van der Waals surface area contributed by atoms with Gasteiger partial charge in [-0.15, -0.1) is 0 Å². The smallest absolute Gasteiger partial charge is 0.167 e. The van der Waals surface area contributed by atoms with E-state index in [9.17, 15) is 4.39 Å². The molecule has 2 aromatic rings. The molecule has 0 amide bonds. The molecule has 3 heteroatoms. The second-order valence-electron chi connectivity index (χ2n) is 4.43. The van der Waals surface area contributed by atoms with E-state index in [1.807, 2.05) is 13.0 Å². The predicted octanol–water partition coefficient (Wildman–Crippen LogP) is 3.89. The first-order valence-corrected chi connectivity index (χ1v) is 5.99. The molecule has 0 saturated carbocycles. The van der Waals surface area contributed by atoms with E-state index in [0.29, 0.717) is 11.1 Å². The Morgan fingerprint density at radius 3 is 2.63 bits per heavy atom. The second kappa shape index (κ2) is 5.53. The Balaban J connectivity index is 2.15. The maximum absolute atomic E-state index is 13.8. The Morgan fingerprint density at radius 2 is 1.95 bits per heavy atom. The van der Waals surface area contributed by atoms with Crippen LogP contribution < -0.4 is 4.74 Å². The van der Waals surface area contributed by atoms with Crippen molar-refractivity contribution in [3.05, 3.63) is 64.5 Å². The Hall–Kier alpha value is -2.34. The molecule has 0 aliphatic carbocycles. The van der Waals surface area contributed by atoms with Crippen LogP contribution in [-0.2, 0) is 6.61 Å². The zero-order valence-corrected chi connectivity index (χ0v) is 10.9. The molecule has 0 spiro atoms. The van der Waals surface area contributed by atoms with Gasteiger partial charge in [0.2, 0.25) is 0 Å². The molecule has 0 bridgehead atoms. The van der Waals surface area contributed by atoms with Crippen molar-refractivity contribution in [1.82, 2.24) is 0 Å². The fraction of sp³-hybridized carbons (Fsp3) is 0.188. The van der Waals surface area contributed by atoms with Crippen molar-refractivity contribution in [2.24, 2.45) is 0 Å². The van der Waals surface area contributed by atoms with Crippen molar-refractivity contribution in [3.63, 3.8) is 0 Å². The first kappa shape index (κ1) is 13.1. The summed E-state index contributed by atoms with van der Waals surface area (Å²) in [4.78, 5) is 0. The number of nitriles is 1. The van der Waals surface area contributed by atoms with Gasteiger partial charge >= 0.3 is 0 Å². The first-order valence-electron chi connectivity index (χ1n) is 5.99. The Labute approximate surface area is 112 Å². The number of rotatable bonds is 3. The molecule has 19 heavy (non-hydrogen) atoms. The summed E-state index contributed by atoms with van der Waals surface area (Å²) in [6.07, 6.45) is 0. The van der Waals surface area contributed by atoms with Gasteiger partial charge in [-0.05, 0) is 48.7 Å². The quantitative estimate of drug-likeness (QED) is 0.833. The third-order valence-electron chi connectivity index (χ3n) is 3.01. The zero-order valence-electron chi connectivity index (χ0n) is 10.9. The highest BCUT2D eigenvalue weighted by molar-refractivity contribution is 5.37. The number of aryl methyl sites for hydroxylation is 2. The lowest BCUT2D eigenvalue weighted by atomic mass is 10.1. The van der Waals surface area contributed by atoms with E-state index in [1.54, 1.807) is 37.3 Å². The Kier molecular flexibility index (Phi) is 3.82. The largest absolute Gasteiger partial charge is 0.486 e. The molecule has 0 aliphatic rings. The number of hydrogen-bond donors (Lipinski definition) is 0. The zero-order chi connectivity index (χ0) is 13.8. The molecular formula is C16H14FNO. The van der Waals surface area contributed by atoms with Gasteiger partial charge in [-0.3, -0.25) is 0 Å². The summed E-state index contributed by atoms with van der Waals surface area (Å²) in [6, 6.07) is 12.5. The second-order valence-corrected chi connectivity index (χ2v) is 4.43. The SMILES string of the molecule is Cc1cc(C#N)ccc1COc1cccc(C)c1F. The highest BCUT2D eigenvalue weighted by Crippen LogP contribution is 2.21. The summed E-state index contributed by atoms with van der Waals surface area (Å²) >= 11 is 0. The standard InChI is InChI=1S/C16H14FNO/c1-11-4-3-5-15(16(11)17)19-10-14-7-6-13(9-18)8-12(14)2/h3-8H,10H2,1-2H3. The van der Waals surface area contributed by atoms with E-state index in [1.165, 1.54) is 0 Å². The summed E-state index contributed by atoms with van der Waals surface area (Å²) < 4.78 is 19.3. The van der Waals surface area contributed by atoms with Gasteiger partial charge in [0.25, 0.3) is 0 Å². The van der Waals surface area contributed by atoms with Gasteiger partial charge in [-0.2, -0.15) is 5.26 Å². The Bertz CT molecular complexity index is 644. The molecule has 0 saturated heterocycles. The van der Waals surface area contributed by atoms with Crippen LogP contribution in [0.4, 0.5) is 4.39 Å². The topological polar surface area (TPSA) is 33.0 Å². The number of hydrogen-bond acceptors (Lipinski definition) is 2. The molecule has 0 heterocycles. The van der Waals surface area contributed by atoms with Gasteiger partial charge in [0.05, 0.1) is 11.6 Å². The number of ether oxygens (including phenoxy) is 1. The average Bonchev–Trinajstić information content (AvgIpc) is 2.41. The molecule has 2 nitrogen and oxygen atoms in total. The number of benzene rings is 2. The fourth-order valence-electron chi connectivity index (χ4n) is 1.81. The molecule has 0 unspecified atom stereocenters. The molecule has 2 rings (SSSR count). The third-order valence-corrected chi connectivity index (χ3v) is 3.01. The fourth-order valence-corrected chi connectivity index (χ4v) is 1.81. The van der Waals surface area contributed by atoms with E-state index in [2.05, 4.69) is 6.07 Å². The van der Waals surface area contributed by atoms with Crippen LogP contribution in [-0.4, -0.2) is 0 Å². The van der Waals surface area contributed by atoms with Crippen molar-refractivity contribution in [3.8, 4) is 11.8 Å². The van der Waals surface area contributed by atoms with Gasteiger partial charge in [0.15, 0.2) is 11.6 Å². The molecular weight excluding hydrogens is 241 g/mol. The van der Waals surface area contributed by atoms with Crippen LogP contribution >= 0.6 is 0 Å². The van der Waals surface area contributed by atoms with Crippen LogP contribution in [0, 0.1) is 31.0 Å². The lowest BCUT2D eigenvalue weighted by Crippen LogP contribution is -2.00. The van der Waals surface area contributed by atoms with Gasteiger partial charge in [-0.1, -0.05) is 18.2 Å². The maximum atomic E-state index is 13.8. The molecule has 2 aromatic carbocycles. The van der Waals surface area contributed by atoms with Crippen LogP contribution in [0.1, 0.15) is 22.3 Å². The van der Waals surface area contributed by atoms with Crippen molar-refractivity contribution in [2.45, 2.75) is 20.5 Å². The lowest BCUT2D eigenvalue weighted by molar-refractivity contribution is 0.289. The molecule has 0 atom stereocenters. The minimum atomic E-state index is -0.325. The van der Waals surface area contributed by atoms with Crippen molar-refractivity contribution >= 4 is 0 Å². The predicted molar refractivity (Wildman–Crippen MR) is 71.4 cm³/mol. The van der Waals surface area contributed by atoms with Crippen LogP contribution in [0.25, 0.3) is 0 Å². The molecule has 0 N–H and O–H groups in total. The lowest BCUT2D eigenvalue weighted by Gasteiger charge is -2.10. The minimum absolute atomic E-state index is 0.253. The Morgan fingerprint density at radius 1 is 1.16 bits per heavy atom. The van der Waals surface area contributed by atoms with Crippen LogP contribution in [0.3, 0.4) is 0 Å². The van der Waals surface area contributed by atoms with Crippen LogP contribution in [0.5, 0.6) is 5.75 Å². The third kappa shape index (κ3) is 2.92. The van der Waals surface area contributed by atoms with Gasteiger partial charge in [0, 0.05) is 0 Å². The molecule has 0 aliphatic heterocycles. The van der Waals surface area contributed by atoms with Gasteiger partial charge < -0.3 is 4.74 Å². The van der Waals surface area contributed by atoms with Gasteiger partial charge in [0.1, 0.15) is 6.61 Å². The van der Waals surface area contributed by atoms with Crippen LogP contribution in [0.15, 0.2) is 36.4 Å². The first-order chi connectivity index (χ1) is 9.11. The van der Waals surface area contributed by atoms with E-state index < -0.39 is 0 Å². The monoisotopic (exact) mass is 255 g/mol. The molecule has 0 fully saturated rings. The summed E-state index contributed by atoms with van der Waals surface area (Å²) in [7, 11) is 0. The van der Waals surface area contributed by atoms with Crippen molar-refractivity contribution in [1.29, 1.82) is 5.26 Å². The van der Waals surface area contributed by atoms with Gasteiger partial charge in [-0.25, -0.2) is 4.39 Å². The van der Waals surface area contributed by atoms with E-state index >= 15 is 0 Å². The van der Waals surface area contributed by atoms with E-state index in [0.717, 1.165) is 11.1 Å². The molecule has 0 aromatic heterocycles. The van der Waals surface area contributed by atoms with Crippen molar-refractivity contribution in [2.75, 3.05) is 0 Å². The summed E-state index contributed by atoms with van der Waals surface area (Å²) in [5, 5.41) is 8.80. The maximum Gasteiger partial charge on any atom is 0.167 e. The molecule has 96 valence electrons. The average molecular weight is 255 g/mol. The van der Waals surface area contributed by atoms with E-state index in [4.69, 9.17) is 10.00 Å². The van der Waals surface area contributed by atoms with Crippen LogP contribution in [0.2, 0.25) is 0 Å². The summed E-state index contributed by atoms with van der Waals surface area (Å²) in [5.41, 5.74) is 3.09. The minimum Gasteiger partial charge on any atom is -0.486 e. The number of halogens is 1. The number of nitrogens with zero attached hydrogens (tertiary/aromatic N) is 1. The normalized spacial score (nSPS) is 10.0. The summed E-state index contributed by atoms with van der Waals surface area (Å²) in [6.45, 7) is 3.90. The summed E-state index contributed by atoms with van der Waals surface area (Å²) in [5.74, 6) is -0.0717. The molecule has 0 radical (unpaired) electrons.